The quantitative estimate of drug-likeness (QED) is 0.217. The summed E-state index contributed by atoms with van der Waals surface area (Å²) in [5, 5.41) is 0. The van der Waals surface area contributed by atoms with Crippen molar-refractivity contribution in [3.63, 3.8) is 0 Å². The van der Waals surface area contributed by atoms with E-state index in [1.54, 1.807) is 43.3 Å². The molecule has 0 atom stereocenters. The first-order valence-corrected chi connectivity index (χ1v) is 11.5. The summed E-state index contributed by atoms with van der Waals surface area (Å²) in [5.74, 6) is -5.74. The molecule has 4 rings (SSSR count). The van der Waals surface area contributed by atoms with Crippen LogP contribution < -0.4 is 4.74 Å². The second-order valence-corrected chi connectivity index (χ2v) is 8.87. The minimum absolute atomic E-state index is 0.0844. The monoisotopic (exact) mass is 470 g/mol. The highest BCUT2D eigenvalue weighted by molar-refractivity contribution is 5.76. The van der Waals surface area contributed by atoms with E-state index in [0.717, 1.165) is 5.56 Å². The molecule has 34 heavy (non-hydrogen) atoms. The van der Waals surface area contributed by atoms with E-state index in [4.69, 9.17) is 4.74 Å². The third-order valence-corrected chi connectivity index (χ3v) is 6.69. The highest BCUT2D eigenvalue weighted by Crippen LogP contribution is 2.39. The van der Waals surface area contributed by atoms with Crippen LogP contribution in [0.3, 0.4) is 0 Å². The number of halogens is 4. The molecule has 0 spiro atoms. The molecule has 0 N–H and O–H groups in total. The second-order valence-electron chi connectivity index (χ2n) is 8.87. The first-order chi connectivity index (χ1) is 16.3. The second kappa shape index (κ2) is 10.00. The fourth-order valence-corrected chi connectivity index (χ4v) is 4.59. The highest BCUT2D eigenvalue weighted by atomic mass is 19.2. The van der Waals surface area contributed by atoms with Crippen LogP contribution in [-0.2, 0) is 11.2 Å². The van der Waals surface area contributed by atoms with Crippen LogP contribution in [0.15, 0.2) is 48.5 Å². The summed E-state index contributed by atoms with van der Waals surface area (Å²) in [5.41, 5.74) is 2.26. The predicted molar refractivity (Wildman–Crippen MR) is 123 cm³/mol. The number of esters is 1. The molecule has 178 valence electrons. The van der Waals surface area contributed by atoms with E-state index < -0.39 is 40.9 Å². The molecule has 0 heterocycles. The Labute approximate surface area is 196 Å². The van der Waals surface area contributed by atoms with Crippen molar-refractivity contribution in [3.05, 3.63) is 88.5 Å². The molecule has 1 fully saturated rings. The summed E-state index contributed by atoms with van der Waals surface area (Å²) in [6.45, 7) is 3.66. The maximum Gasteiger partial charge on any atom is 0.314 e. The van der Waals surface area contributed by atoms with E-state index in [2.05, 4.69) is 0 Å². The molecule has 0 bridgehead atoms. The Morgan fingerprint density at radius 2 is 1.50 bits per heavy atom. The lowest BCUT2D eigenvalue weighted by Crippen LogP contribution is -2.26. The van der Waals surface area contributed by atoms with Crippen molar-refractivity contribution >= 4 is 5.97 Å². The van der Waals surface area contributed by atoms with E-state index in [9.17, 15) is 22.4 Å². The number of ether oxygens (including phenoxy) is 1. The number of carbonyl (C=O) groups is 1. The van der Waals surface area contributed by atoms with Gasteiger partial charge in [-0.25, -0.2) is 13.2 Å². The Morgan fingerprint density at radius 3 is 2.15 bits per heavy atom. The van der Waals surface area contributed by atoms with Crippen molar-refractivity contribution in [1.29, 1.82) is 0 Å². The largest absolute Gasteiger partial charge is 0.423 e. The van der Waals surface area contributed by atoms with E-state index in [-0.39, 0.29) is 11.5 Å². The predicted octanol–water partition coefficient (Wildman–Crippen LogP) is 7.66. The summed E-state index contributed by atoms with van der Waals surface area (Å²) >= 11 is 0. The molecule has 6 heteroatoms. The van der Waals surface area contributed by atoms with Crippen molar-refractivity contribution in [2.45, 2.75) is 51.9 Å². The van der Waals surface area contributed by atoms with Gasteiger partial charge in [0.2, 0.25) is 5.82 Å². The summed E-state index contributed by atoms with van der Waals surface area (Å²) in [6.07, 6.45) is 2.15. The summed E-state index contributed by atoms with van der Waals surface area (Å²) < 4.78 is 63.2. The molecule has 3 aromatic carbocycles. The zero-order chi connectivity index (χ0) is 24.4. The van der Waals surface area contributed by atoms with Crippen molar-refractivity contribution in [1.82, 2.24) is 0 Å². The average molecular weight is 471 g/mol. The van der Waals surface area contributed by atoms with Gasteiger partial charge < -0.3 is 4.74 Å². The Hall–Kier alpha value is -3.15. The lowest BCUT2D eigenvalue weighted by Gasteiger charge is -2.28. The third kappa shape index (κ3) is 4.72. The molecule has 1 aliphatic carbocycles. The van der Waals surface area contributed by atoms with Crippen LogP contribution in [0.2, 0.25) is 0 Å². The smallest absolute Gasteiger partial charge is 0.314 e. The standard InChI is InChI=1S/C28H26F4O2/c1-3-17-12-13-21(25(30)24(17)29)19-8-10-20(11-9-19)28(33)34-23-15-14-22(26(31)27(23)32)18-6-4-16(2)5-7-18/h4-7,12-15,19-20H,3,8-11H2,1-2H3. The van der Waals surface area contributed by atoms with Gasteiger partial charge in [0.25, 0.3) is 0 Å². The maximum atomic E-state index is 14.7. The Morgan fingerprint density at radius 1 is 0.824 bits per heavy atom. The van der Waals surface area contributed by atoms with Gasteiger partial charge in [0.1, 0.15) is 0 Å². The zero-order valence-electron chi connectivity index (χ0n) is 19.1. The molecule has 0 aliphatic heterocycles. The zero-order valence-corrected chi connectivity index (χ0v) is 19.1. The van der Waals surface area contributed by atoms with Crippen molar-refractivity contribution in [2.24, 2.45) is 5.92 Å². The van der Waals surface area contributed by atoms with Crippen molar-refractivity contribution in [2.75, 3.05) is 0 Å². The van der Waals surface area contributed by atoms with Gasteiger partial charge in [-0.3, -0.25) is 4.79 Å². The van der Waals surface area contributed by atoms with Crippen LogP contribution in [0.1, 0.15) is 55.2 Å². The normalized spacial score (nSPS) is 18.1. The molecule has 1 aliphatic rings. The number of rotatable bonds is 5. The van der Waals surface area contributed by atoms with Crippen LogP contribution in [0, 0.1) is 36.1 Å². The highest BCUT2D eigenvalue weighted by Gasteiger charge is 2.31. The van der Waals surface area contributed by atoms with Gasteiger partial charge >= 0.3 is 5.97 Å². The van der Waals surface area contributed by atoms with Crippen molar-refractivity contribution < 1.29 is 27.1 Å². The van der Waals surface area contributed by atoms with Crippen LogP contribution in [-0.4, -0.2) is 5.97 Å². The molecule has 2 nitrogen and oxygen atoms in total. The van der Waals surface area contributed by atoms with E-state index in [1.165, 1.54) is 12.1 Å². The number of carbonyl (C=O) groups excluding carboxylic acids is 1. The molecular formula is C28H26F4O2. The van der Waals surface area contributed by atoms with Gasteiger partial charge in [-0.1, -0.05) is 48.9 Å². The Kier molecular flexibility index (Phi) is 7.05. The topological polar surface area (TPSA) is 26.3 Å². The first kappa shape index (κ1) is 24.0. The minimum atomic E-state index is -1.21. The summed E-state index contributed by atoms with van der Waals surface area (Å²) in [4.78, 5) is 12.6. The number of benzene rings is 3. The van der Waals surface area contributed by atoms with Gasteiger partial charge in [0.15, 0.2) is 23.2 Å². The summed E-state index contributed by atoms with van der Waals surface area (Å²) in [7, 11) is 0. The van der Waals surface area contributed by atoms with Crippen LogP contribution in [0.4, 0.5) is 17.6 Å². The van der Waals surface area contributed by atoms with E-state index in [1.807, 2.05) is 6.92 Å². The average Bonchev–Trinajstić information content (AvgIpc) is 2.84. The van der Waals surface area contributed by atoms with Crippen LogP contribution in [0.5, 0.6) is 5.75 Å². The lowest BCUT2D eigenvalue weighted by atomic mass is 9.78. The number of hydrogen-bond donors (Lipinski definition) is 0. The van der Waals surface area contributed by atoms with Gasteiger partial charge in [-0.05, 0) is 73.8 Å². The van der Waals surface area contributed by atoms with E-state index >= 15 is 0 Å². The molecule has 3 aromatic rings. The number of hydrogen-bond acceptors (Lipinski definition) is 2. The molecule has 0 radical (unpaired) electrons. The molecule has 1 saturated carbocycles. The molecule has 0 aromatic heterocycles. The Bertz CT molecular complexity index is 1200. The fraction of sp³-hybridized carbons (Fsp3) is 0.321. The molecule has 0 amide bonds. The Balaban J connectivity index is 1.42. The van der Waals surface area contributed by atoms with E-state index in [0.29, 0.717) is 48.8 Å². The molecule has 0 unspecified atom stereocenters. The minimum Gasteiger partial charge on any atom is -0.423 e. The third-order valence-electron chi connectivity index (χ3n) is 6.69. The van der Waals surface area contributed by atoms with Gasteiger partial charge in [-0.15, -0.1) is 0 Å². The molecule has 0 saturated heterocycles. The number of aryl methyl sites for hydroxylation is 2. The van der Waals surface area contributed by atoms with Gasteiger partial charge in [0, 0.05) is 5.56 Å². The van der Waals surface area contributed by atoms with Gasteiger partial charge in [-0.2, -0.15) is 4.39 Å². The maximum absolute atomic E-state index is 14.7. The first-order valence-electron chi connectivity index (χ1n) is 11.5. The molecular weight excluding hydrogens is 444 g/mol. The SMILES string of the molecule is CCc1ccc(C2CCC(C(=O)Oc3ccc(-c4ccc(C)cc4)c(F)c3F)CC2)c(F)c1F. The van der Waals surface area contributed by atoms with Crippen LogP contribution >= 0.6 is 0 Å². The fourth-order valence-electron chi connectivity index (χ4n) is 4.59. The van der Waals surface area contributed by atoms with Crippen LogP contribution in [0.25, 0.3) is 11.1 Å². The van der Waals surface area contributed by atoms with Gasteiger partial charge in [0.05, 0.1) is 5.92 Å². The summed E-state index contributed by atoms with van der Waals surface area (Å²) in [6, 6.07) is 12.9. The lowest BCUT2D eigenvalue weighted by molar-refractivity contribution is -0.140. The van der Waals surface area contributed by atoms with Crippen molar-refractivity contribution in [3.8, 4) is 16.9 Å².